The SMILES string of the molecule is Cc1cccc(-c2nncnc2Cl)c1. The molecule has 14 heavy (non-hydrogen) atoms. The van der Waals surface area contributed by atoms with Crippen LogP contribution in [0.3, 0.4) is 0 Å². The minimum absolute atomic E-state index is 0.380. The minimum Gasteiger partial charge on any atom is -0.220 e. The second-order valence-corrected chi connectivity index (χ2v) is 3.33. The van der Waals surface area contributed by atoms with E-state index in [9.17, 15) is 0 Å². The van der Waals surface area contributed by atoms with Gasteiger partial charge in [-0.05, 0) is 13.0 Å². The third-order valence-electron chi connectivity index (χ3n) is 1.87. The average molecular weight is 206 g/mol. The van der Waals surface area contributed by atoms with E-state index in [4.69, 9.17) is 11.6 Å². The first-order valence-electron chi connectivity index (χ1n) is 4.17. The highest BCUT2D eigenvalue weighted by atomic mass is 35.5. The number of halogens is 1. The fourth-order valence-electron chi connectivity index (χ4n) is 1.23. The fraction of sp³-hybridized carbons (Fsp3) is 0.100. The van der Waals surface area contributed by atoms with Crippen LogP contribution in [0.4, 0.5) is 0 Å². The van der Waals surface area contributed by atoms with Gasteiger partial charge in [-0.2, -0.15) is 0 Å². The normalized spacial score (nSPS) is 10.1. The lowest BCUT2D eigenvalue weighted by Gasteiger charge is -2.01. The van der Waals surface area contributed by atoms with Crippen LogP contribution in [0.25, 0.3) is 11.3 Å². The zero-order chi connectivity index (χ0) is 9.97. The quantitative estimate of drug-likeness (QED) is 0.718. The van der Waals surface area contributed by atoms with Crippen molar-refractivity contribution < 1.29 is 0 Å². The van der Waals surface area contributed by atoms with Crippen LogP contribution in [0.1, 0.15) is 5.56 Å². The van der Waals surface area contributed by atoms with Gasteiger partial charge in [0.05, 0.1) is 0 Å². The largest absolute Gasteiger partial charge is 0.220 e. The summed E-state index contributed by atoms with van der Waals surface area (Å²) in [5.41, 5.74) is 2.72. The molecule has 70 valence electrons. The summed E-state index contributed by atoms with van der Waals surface area (Å²) in [5, 5.41) is 8.03. The maximum atomic E-state index is 5.90. The number of hydrogen-bond donors (Lipinski definition) is 0. The highest BCUT2D eigenvalue weighted by Crippen LogP contribution is 2.22. The van der Waals surface area contributed by atoms with Crippen molar-refractivity contribution in [3.05, 3.63) is 41.3 Å². The molecule has 0 saturated carbocycles. The first-order valence-corrected chi connectivity index (χ1v) is 4.55. The molecule has 0 bridgehead atoms. The number of hydrogen-bond acceptors (Lipinski definition) is 3. The molecule has 0 aliphatic carbocycles. The van der Waals surface area contributed by atoms with Crippen molar-refractivity contribution in [1.82, 2.24) is 15.2 Å². The maximum Gasteiger partial charge on any atom is 0.159 e. The van der Waals surface area contributed by atoms with Crippen molar-refractivity contribution in [2.45, 2.75) is 6.92 Å². The molecule has 3 nitrogen and oxygen atoms in total. The lowest BCUT2D eigenvalue weighted by molar-refractivity contribution is 0.976. The monoisotopic (exact) mass is 205 g/mol. The first-order chi connectivity index (χ1) is 6.77. The lowest BCUT2D eigenvalue weighted by Crippen LogP contribution is -1.91. The molecular formula is C10H8ClN3. The van der Waals surface area contributed by atoms with E-state index in [-0.39, 0.29) is 0 Å². The Balaban J connectivity index is 2.55. The standard InChI is InChI=1S/C10H8ClN3/c1-7-3-2-4-8(5-7)9-10(11)12-6-13-14-9/h2-6H,1H3. The average Bonchev–Trinajstić information content (AvgIpc) is 2.18. The van der Waals surface area contributed by atoms with E-state index in [1.807, 2.05) is 31.2 Å². The van der Waals surface area contributed by atoms with Crippen molar-refractivity contribution in [1.29, 1.82) is 0 Å². The molecule has 1 aromatic carbocycles. The summed E-state index contributed by atoms with van der Waals surface area (Å²) in [7, 11) is 0. The Labute approximate surface area is 86.8 Å². The third-order valence-corrected chi connectivity index (χ3v) is 2.14. The molecule has 0 atom stereocenters. The van der Waals surface area contributed by atoms with E-state index >= 15 is 0 Å². The van der Waals surface area contributed by atoms with Gasteiger partial charge in [-0.1, -0.05) is 35.4 Å². The van der Waals surface area contributed by atoms with Crippen LogP contribution in [0, 0.1) is 6.92 Å². The molecule has 0 saturated heterocycles. The summed E-state index contributed by atoms with van der Waals surface area (Å²) in [6.45, 7) is 2.02. The lowest BCUT2D eigenvalue weighted by atomic mass is 10.1. The van der Waals surface area contributed by atoms with Crippen molar-refractivity contribution in [3.8, 4) is 11.3 Å². The molecule has 0 radical (unpaired) electrons. The fourth-order valence-corrected chi connectivity index (χ4v) is 1.42. The molecule has 2 aromatic rings. The summed E-state index contributed by atoms with van der Waals surface area (Å²) in [6, 6.07) is 7.90. The zero-order valence-electron chi connectivity index (χ0n) is 7.61. The van der Waals surface area contributed by atoms with Gasteiger partial charge in [-0.25, -0.2) is 4.98 Å². The van der Waals surface area contributed by atoms with Gasteiger partial charge in [-0.15, -0.1) is 10.2 Å². The van der Waals surface area contributed by atoms with Crippen LogP contribution >= 0.6 is 11.6 Å². The Morgan fingerprint density at radius 1 is 1.29 bits per heavy atom. The Morgan fingerprint density at radius 2 is 2.14 bits per heavy atom. The number of rotatable bonds is 1. The van der Waals surface area contributed by atoms with Gasteiger partial charge in [0.25, 0.3) is 0 Å². The second kappa shape index (κ2) is 3.72. The highest BCUT2D eigenvalue weighted by molar-refractivity contribution is 6.31. The van der Waals surface area contributed by atoms with E-state index in [0.29, 0.717) is 10.8 Å². The van der Waals surface area contributed by atoms with Gasteiger partial charge < -0.3 is 0 Å². The molecular weight excluding hydrogens is 198 g/mol. The molecule has 0 amide bonds. The van der Waals surface area contributed by atoms with Gasteiger partial charge in [0.1, 0.15) is 12.0 Å². The second-order valence-electron chi connectivity index (χ2n) is 2.97. The molecule has 2 rings (SSSR count). The van der Waals surface area contributed by atoms with Gasteiger partial charge >= 0.3 is 0 Å². The Hall–Kier alpha value is -1.48. The Kier molecular flexibility index (Phi) is 2.41. The van der Waals surface area contributed by atoms with Gasteiger partial charge in [0, 0.05) is 5.56 Å². The molecule has 0 aliphatic rings. The van der Waals surface area contributed by atoms with Crippen LogP contribution in [0.2, 0.25) is 5.15 Å². The number of nitrogens with zero attached hydrogens (tertiary/aromatic N) is 3. The third kappa shape index (κ3) is 1.72. The van der Waals surface area contributed by atoms with Crippen LogP contribution in [0.5, 0.6) is 0 Å². The number of aryl methyl sites for hydroxylation is 1. The minimum atomic E-state index is 0.380. The van der Waals surface area contributed by atoms with Gasteiger partial charge in [0.15, 0.2) is 5.15 Å². The highest BCUT2D eigenvalue weighted by Gasteiger charge is 2.05. The van der Waals surface area contributed by atoms with Crippen molar-refractivity contribution >= 4 is 11.6 Å². The van der Waals surface area contributed by atoms with Crippen LogP contribution < -0.4 is 0 Å². The first kappa shape index (κ1) is 9.09. The van der Waals surface area contributed by atoms with Gasteiger partial charge in [0.2, 0.25) is 0 Å². The summed E-state index contributed by atoms with van der Waals surface area (Å²) >= 11 is 5.90. The Morgan fingerprint density at radius 3 is 2.86 bits per heavy atom. The molecule has 0 fully saturated rings. The van der Waals surface area contributed by atoms with E-state index in [0.717, 1.165) is 11.1 Å². The smallest absolute Gasteiger partial charge is 0.159 e. The molecule has 0 N–H and O–H groups in total. The predicted molar refractivity (Wildman–Crippen MR) is 55.0 cm³/mol. The van der Waals surface area contributed by atoms with Crippen molar-refractivity contribution in [2.75, 3.05) is 0 Å². The molecule has 4 heteroatoms. The van der Waals surface area contributed by atoms with Crippen LogP contribution in [-0.2, 0) is 0 Å². The van der Waals surface area contributed by atoms with E-state index in [1.165, 1.54) is 6.33 Å². The summed E-state index contributed by atoms with van der Waals surface area (Å²) in [6.07, 6.45) is 1.33. The predicted octanol–water partition coefficient (Wildman–Crippen LogP) is 2.50. The Bertz CT molecular complexity index is 457. The summed E-state index contributed by atoms with van der Waals surface area (Å²) < 4.78 is 0. The molecule has 1 heterocycles. The van der Waals surface area contributed by atoms with Crippen LogP contribution in [0.15, 0.2) is 30.6 Å². The van der Waals surface area contributed by atoms with Crippen molar-refractivity contribution in [2.24, 2.45) is 0 Å². The van der Waals surface area contributed by atoms with Gasteiger partial charge in [-0.3, -0.25) is 0 Å². The summed E-state index contributed by atoms with van der Waals surface area (Å²) in [5.74, 6) is 0. The zero-order valence-corrected chi connectivity index (χ0v) is 8.36. The number of benzene rings is 1. The molecule has 0 spiro atoms. The summed E-state index contributed by atoms with van der Waals surface area (Å²) in [4.78, 5) is 3.88. The van der Waals surface area contributed by atoms with E-state index in [1.54, 1.807) is 0 Å². The maximum absolute atomic E-state index is 5.90. The number of aromatic nitrogens is 3. The van der Waals surface area contributed by atoms with Crippen LogP contribution in [-0.4, -0.2) is 15.2 Å². The van der Waals surface area contributed by atoms with E-state index < -0.39 is 0 Å². The van der Waals surface area contributed by atoms with Crippen molar-refractivity contribution in [3.63, 3.8) is 0 Å². The van der Waals surface area contributed by atoms with E-state index in [2.05, 4.69) is 15.2 Å². The molecule has 0 aliphatic heterocycles. The molecule has 1 aromatic heterocycles. The molecule has 0 unspecified atom stereocenters. The topological polar surface area (TPSA) is 38.7 Å².